The van der Waals surface area contributed by atoms with Gasteiger partial charge in [0.1, 0.15) is 17.6 Å². The number of Topliss-reactive ketones (excluding diaryl/α,β-unsaturated/α-hetero) is 2. The molecule has 0 saturated carbocycles. The Balaban J connectivity index is 1.07. The second-order valence-electron chi connectivity index (χ2n) is 16.2. The summed E-state index contributed by atoms with van der Waals surface area (Å²) in [5.74, 6) is -6.77. The molecule has 3 aliphatic rings. The van der Waals surface area contributed by atoms with Crippen molar-refractivity contribution in [3.63, 3.8) is 0 Å². The molecule has 3 saturated heterocycles. The first kappa shape index (κ1) is 46.9. The van der Waals surface area contributed by atoms with Crippen molar-refractivity contribution in [3.05, 3.63) is 36.0 Å². The number of alkyl halides is 2. The number of aromatic nitrogens is 1. The molecule has 2 N–H and O–H groups in total. The normalized spacial score (nSPS) is 20.0. The van der Waals surface area contributed by atoms with Crippen molar-refractivity contribution in [1.82, 2.24) is 34.4 Å². The number of pyridine rings is 1. The highest BCUT2D eigenvalue weighted by Crippen LogP contribution is 2.32. The molecule has 0 bridgehead atoms. The molecule has 0 aliphatic carbocycles. The maximum atomic E-state index is 13.8. The highest BCUT2D eigenvalue weighted by molar-refractivity contribution is 6.08. The molecule has 61 heavy (non-hydrogen) atoms. The van der Waals surface area contributed by atoms with Crippen molar-refractivity contribution in [2.45, 2.75) is 56.9 Å². The number of piperazine rings is 1. The number of hydrogen-bond donors (Lipinski definition) is 2. The lowest BCUT2D eigenvalue weighted by Gasteiger charge is -2.36. The lowest BCUT2D eigenvalue weighted by Crippen LogP contribution is -2.51. The lowest BCUT2D eigenvalue weighted by atomic mass is 9.94. The number of carboxylic acids is 2. The molecule has 2 aromatic rings. The van der Waals surface area contributed by atoms with Crippen LogP contribution in [0, 0.1) is 17.2 Å². The molecular formula is C42H56F2N8O9. The van der Waals surface area contributed by atoms with Gasteiger partial charge in [-0.05, 0) is 44.2 Å². The topological polar surface area (TPSA) is 208 Å². The average Bonchev–Trinajstić information content (AvgIpc) is 3.59. The fraction of sp³-hybridized carbons (Fsp3) is 0.619. The van der Waals surface area contributed by atoms with Gasteiger partial charge >= 0.3 is 11.9 Å². The number of fused-ring (bicyclic) bond motifs is 1. The number of nitrogens with zero attached hydrogens (tertiary/aromatic N) is 8. The average molecular weight is 855 g/mol. The van der Waals surface area contributed by atoms with Crippen molar-refractivity contribution in [2.75, 3.05) is 105 Å². The second kappa shape index (κ2) is 22.1. The summed E-state index contributed by atoms with van der Waals surface area (Å²) >= 11 is 0. The zero-order valence-corrected chi connectivity index (χ0v) is 34.7. The summed E-state index contributed by atoms with van der Waals surface area (Å²) in [7, 11) is 1.95. The molecule has 17 nitrogen and oxygen atoms in total. The maximum Gasteiger partial charge on any atom is 0.317 e. The van der Waals surface area contributed by atoms with E-state index in [9.17, 15) is 53.0 Å². The fourth-order valence-corrected chi connectivity index (χ4v) is 8.03. The minimum atomic E-state index is -3.14. The van der Waals surface area contributed by atoms with Crippen molar-refractivity contribution in [1.29, 1.82) is 5.26 Å². The van der Waals surface area contributed by atoms with E-state index in [0.717, 1.165) is 4.90 Å². The van der Waals surface area contributed by atoms with E-state index in [-0.39, 0.29) is 62.7 Å². The molecule has 3 aliphatic heterocycles. The number of benzene rings is 1. The number of likely N-dealkylation sites (tertiary alicyclic amines) is 1. The van der Waals surface area contributed by atoms with Crippen LogP contribution in [0.25, 0.3) is 10.9 Å². The monoisotopic (exact) mass is 854 g/mol. The van der Waals surface area contributed by atoms with Crippen LogP contribution in [0.1, 0.15) is 55.3 Å². The van der Waals surface area contributed by atoms with Gasteiger partial charge in [-0.1, -0.05) is 0 Å². The molecule has 1 aromatic carbocycles. The molecule has 19 heteroatoms. The van der Waals surface area contributed by atoms with Crippen LogP contribution < -0.4 is 4.74 Å². The fourth-order valence-electron chi connectivity index (χ4n) is 8.03. The van der Waals surface area contributed by atoms with Crippen LogP contribution in [-0.2, 0) is 24.0 Å². The molecule has 2 amide bonds. The summed E-state index contributed by atoms with van der Waals surface area (Å²) in [4.78, 5) is 90.7. The summed E-state index contributed by atoms with van der Waals surface area (Å²) < 4.78 is 33.7. The Labute approximate surface area is 353 Å². The van der Waals surface area contributed by atoms with Crippen LogP contribution in [0.4, 0.5) is 8.78 Å². The molecule has 0 unspecified atom stereocenters. The van der Waals surface area contributed by atoms with Crippen LogP contribution in [0.5, 0.6) is 5.75 Å². The minimum Gasteiger partial charge on any atom is -0.494 e. The predicted molar refractivity (Wildman–Crippen MR) is 217 cm³/mol. The predicted octanol–water partition coefficient (Wildman–Crippen LogP) is 1.94. The smallest absolute Gasteiger partial charge is 0.317 e. The number of aliphatic carboxylic acids is 2. The van der Waals surface area contributed by atoms with Crippen LogP contribution in [0.2, 0.25) is 0 Å². The molecule has 0 radical (unpaired) electrons. The van der Waals surface area contributed by atoms with Gasteiger partial charge in [0.05, 0.1) is 37.8 Å². The third kappa shape index (κ3) is 14.2. The Morgan fingerprint density at radius 1 is 0.885 bits per heavy atom. The Morgan fingerprint density at radius 2 is 1.56 bits per heavy atom. The van der Waals surface area contributed by atoms with Crippen molar-refractivity contribution in [3.8, 4) is 11.8 Å². The third-order valence-corrected chi connectivity index (χ3v) is 11.5. The number of halogens is 2. The summed E-state index contributed by atoms with van der Waals surface area (Å²) in [5, 5.41) is 28.4. The molecule has 2 atom stereocenters. The number of nitriles is 1. The maximum absolute atomic E-state index is 13.8. The second-order valence-corrected chi connectivity index (χ2v) is 16.2. The number of hydrogen-bond acceptors (Lipinski definition) is 13. The summed E-state index contributed by atoms with van der Waals surface area (Å²) in [5.41, 5.74) is 0.855. The van der Waals surface area contributed by atoms with Gasteiger partial charge < -0.3 is 29.6 Å². The largest absolute Gasteiger partial charge is 0.494 e. The number of carbonyl (C=O) groups is 6. The number of carboxylic acid groups (broad SMARTS) is 2. The van der Waals surface area contributed by atoms with Crippen LogP contribution in [-0.4, -0.2) is 197 Å². The highest BCUT2D eigenvalue weighted by atomic mass is 19.3. The van der Waals surface area contributed by atoms with Crippen molar-refractivity contribution in [2.24, 2.45) is 5.92 Å². The molecule has 3 fully saturated rings. The molecule has 5 rings (SSSR count). The van der Waals surface area contributed by atoms with Crippen LogP contribution in [0.3, 0.4) is 0 Å². The summed E-state index contributed by atoms with van der Waals surface area (Å²) in [6.45, 7) is 5.84. The third-order valence-electron chi connectivity index (χ3n) is 11.5. The Hall–Kier alpha value is -5.16. The quantitative estimate of drug-likeness (QED) is 0.153. The van der Waals surface area contributed by atoms with Gasteiger partial charge in [0.2, 0.25) is 11.8 Å². The van der Waals surface area contributed by atoms with E-state index in [1.807, 2.05) is 16.8 Å². The number of ketones is 2. The van der Waals surface area contributed by atoms with Crippen molar-refractivity contribution >= 4 is 46.2 Å². The van der Waals surface area contributed by atoms with Gasteiger partial charge in [0, 0.05) is 127 Å². The van der Waals surface area contributed by atoms with Gasteiger partial charge in [-0.2, -0.15) is 5.26 Å². The lowest BCUT2D eigenvalue weighted by molar-refractivity contribution is -0.142. The van der Waals surface area contributed by atoms with Gasteiger partial charge in [-0.3, -0.25) is 48.5 Å². The van der Waals surface area contributed by atoms with E-state index in [1.54, 1.807) is 29.2 Å². The Morgan fingerprint density at radius 3 is 2.23 bits per heavy atom. The number of rotatable bonds is 19. The van der Waals surface area contributed by atoms with Gasteiger partial charge in [0.15, 0.2) is 5.78 Å². The number of amides is 2. The van der Waals surface area contributed by atoms with Crippen molar-refractivity contribution < 1.29 is 52.5 Å². The number of likely N-dealkylation sites (N-methyl/N-ethyl adjacent to an activating group) is 1. The first-order chi connectivity index (χ1) is 29.1. The highest BCUT2D eigenvalue weighted by Gasteiger charge is 2.47. The van der Waals surface area contributed by atoms with E-state index in [2.05, 4.69) is 14.8 Å². The van der Waals surface area contributed by atoms with Crippen LogP contribution >= 0.6 is 0 Å². The van der Waals surface area contributed by atoms with Crippen LogP contribution in [0.15, 0.2) is 30.5 Å². The van der Waals surface area contributed by atoms with Gasteiger partial charge in [-0.25, -0.2) is 8.78 Å². The first-order valence-corrected chi connectivity index (χ1v) is 20.8. The molecule has 1 aromatic heterocycles. The Kier molecular flexibility index (Phi) is 17.0. The zero-order chi connectivity index (χ0) is 44.1. The number of ether oxygens (including phenoxy) is 1. The summed E-state index contributed by atoms with van der Waals surface area (Å²) in [6.07, 6.45) is 0.634. The summed E-state index contributed by atoms with van der Waals surface area (Å²) in [6, 6.07) is 7.21. The molecular weight excluding hydrogens is 799 g/mol. The van der Waals surface area contributed by atoms with E-state index >= 15 is 0 Å². The van der Waals surface area contributed by atoms with Gasteiger partial charge in [-0.15, -0.1) is 0 Å². The van der Waals surface area contributed by atoms with E-state index < -0.39 is 48.7 Å². The van der Waals surface area contributed by atoms with E-state index in [4.69, 9.17) is 4.74 Å². The standard InChI is InChI=1S/C42H56F2N8O9/c1-47-12-14-49(16-17-50(15-13-47)28-40(58)59)27-32(53)23-30(3-8-39(56)57)41(60)51-20-18-48(19-21-51)11-2-22-61-33-4-5-36-35(24-33)34(9-10-46-36)37(54)6-7-38(55)52-29-42(43,44)25-31(52)26-45/h4-5,9-10,24,30-31H,2-3,6-8,11-23,25,27-29H2,1H3,(H,56,57)(H,58,59)/t30-,31+/m1/s1. The molecule has 0 spiro atoms. The molecule has 332 valence electrons. The molecule has 4 heterocycles. The van der Waals surface area contributed by atoms with E-state index in [1.165, 1.54) is 12.3 Å². The Bertz CT molecular complexity index is 1940. The SMILES string of the molecule is CN1CCN(CC(=O)O)CCN(CC(=O)C[C@@H](CCC(=O)O)C(=O)N2CCN(CCCOc3ccc4nccc(C(=O)CCC(=O)N5CC(F)(F)C[C@H]5C#N)c4c3)CC2)CC1. The zero-order valence-electron chi connectivity index (χ0n) is 34.7. The van der Waals surface area contributed by atoms with E-state index in [0.29, 0.717) is 107 Å². The van der Waals surface area contributed by atoms with Gasteiger partial charge in [0.25, 0.3) is 5.92 Å². The number of carbonyl (C=O) groups excluding carboxylic acids is 4. The minimum absolute atomic E-state index is 0.0545. The first-order valence-electron chi connectivity index (χ1n) is 20.8.